The van der Waals surface area contributed by atoms with Crippen LogP contribution in [0.25, 0.3) is 10.6 Å². The van der Waals surface area contributed by atoms with Crippen molar-refractivity contribution in [1.82, 2.24) is 15.5 Å². The topological polar surface area (TPSA) is 84.0 Å². The monoisotopic (exact) mass is 534 g/mol. The van der Waals surface area contributed by atoms with Gasteiger partial charge in [0.1, 0.15) is 11.0 Å². The number of anilines is 1. The fraction of sp³-hybridized carbons (Fsp3) is 0.154. The summed E-state index contributed by atoms with van der Waals surface area (Å²) in [4.78, 5) is 26.1. The first-order valence-corrected chi connectivity index (χ1v) is 12.5. The maximum absolute atomic E-state index is 13.2. The largest absolute Gasteiger partial charge is 0.340 e. The molecule has 2 amide bonds. The summed E-state index contributed by atoms with van der Waals surface area (Å²) < 4.78 is 0.934. The standard InChI is InChI=1S/C26H23BrN4O2S/c1-2-17-11-13-19(14-12-17)23(32)28-22(15-18-7-4-3-5-8-18)24(33)29-26-31-30-25(34-26)20-9-6-10-21(27)16-20/h3-14,16,22H,2,15H2,1H3,(H,28,32)(H,29,31,33). The van der Waals surface area contributed by atoms with Crippen LogP contribution < -0.4 is 10.6 Å². The minimum absolute atomic E-state index is 0.300. The third kappa shape index (κ3) is 6.15. The second-order valence-corrected chi connectivity index (χ2v) is 9.57. The lowest BCUT2D eigenvalue weighted by atomic mass is 10.0. The third-order valence-electron chi connectivity index (χ3n) is 5.26. The highest BCUT2D eigenvalue weighted by Gasteiger charge is 2.23. The maximum atomic E-state index is 13.2. The van der Waals surface area contributed by atoms with Crippen molar-refractivity contribution in [2.75, 3.05) is 5.32 Å². The molecule has 1 aromatic heterocycles. The van der Waals surface area contributed by atoms with E-state index in [1.807, 2.05) is 66.7 Å². The zero-order chi connectivity index (χ0) is 23.9. The lowest BCUT2D eigenvalue weighted by molar-refractivity contribution is -0.118. The minimum Gasteiger partial charge on any atom is -0.340 e. The molecule has 1 atom stereocenters. The first-order chi connectivity index (χ1) is 16.5. The molecular formula is C26H23BrN4O2S. The average molecular weight is 535 g/mol. The van der Waals surface area contributed by atoms with Crippen LogP contribution >= 0.6 is 27.3 Å². The number of carbonyl (C=O) groups is 2. The van der Waals surface area contributed by atoms with Crippen LogP contribution in [-0.2, 0) is 17.6 Å². The van der Waals surface area contributed by atoms with Gasteiger partial charge in [0.25, 0.3) is 5.91 Å². The molecule has 4 aromatic rings. The van der Waals surface area contributed by atoms with Gasteiger partial charge in [-0.1, -0.05) is 88.8 Å². The van der Waals surface area contributed by atoms with E-state index in [2.05, 4.69) is 43.7 Å². The van der Waals surface area contributed by atoms with E-state index in [1.165, 1.54) is 11.3 Å². The van der Waals surface area contributed by atoms with Gasteiger partial charge < -0.3 is 5.32 Å². The molecule has 172 valence electrons. The summed E-state index contributed by atoms with van der Waals surface area (Å²) >= 11 is 4.73. The number of aryl methyl sites for hydroxylation is 1. The van der Waals surface area contributed by atoms with E-state index in [0.29, 0.717) is 22.1 Å². The molecule has 6 nitrogen and oxygen atoms in total. The molecule has 0 fully saturated rings. The van der Waals surface area contributed by atoms with E-state index < -0.39 is 6.04 Å². The van der Waals surface area contributed by atoms with Crippen molar-refractivity contribution in [3.8, 4) is 10.6 Å². The van der Waals surface area contributed by atoms with Gasteiger partial charge in [-0.2, -0.15) is 0 Å². The Hall–Kier alpha value is -3.36. The van der Waals surface area contributed by atoms with Crippen LogP contribution in [0.4, 0.5) is 5.13 Å². The molecule has 0 aliphatic heterocycles. The van der Waals surface area contributed by atoms with Crippen LogP contribution in [0.3, 0.4) is 0 Å². The van der Waals surface area contributed by atoms with Gasteiger partial charge in [0, 0.05) is 22.0 Å². The first-order valence-electron chi connectivity index (χ1n) is 10.9. The molecule has 1 unspecified atom stereocenters. The number of halogens is 1. The lowest BCUT2D eigenvalue weighted by Crippen LogP contribution is -2.45. The van der Waals surface area contributed by atoms with Crippen molar-refractivity contribution in [2.45, 2.75) is 25.8 Å². The Kier molecular flexibility index (Phi) is 7.82. The first kappa shape index (κ1) is 23.8. The van der Waals surface area contributed by atoms with Gasteiger partial charge in [0.2, 0.25) is 11.0 Å². The molecule has 0 aliphatic rings. The lowest BCUT2D eigenvalue weighted by Gasteiger charge is -2.18. The highest BCUT2D eigenvalue weighted by atomic mass is 79.9. The summed E-state index contributed by atoms with van der Waals surface area (Å²) in [5, 5.41) is 15.1. The molecule has 0 bridgehead atoms. The number of nitrogens with one attached hydrogen (secondary N) is 2. The molecule has 34 heavy (non-hydrogen) atoms. The molecular weight excluding hydrogens is 512 g/mol. The van der Waals surface area contributed by atoms with Crippen molar-refractivity contribution in [3.63, 3.8) is 0 Å². The van der Waals surface area contributed by atoms with Gasteiger partial charge in [-0.25, -0.2) is 0 Å². The fourth-order valence-corrected chi connectivity index (χ4v) is 4.54. The van der Waals surface area contributed by atoms with Crippen molar-refractivity contribution in [2.24, 2.45) is 0 Å². The normalized spacial score (nSPS) is 11.6. The molecule has 3 aromatic carbocycles. The van der Waals surface area contributed by atoms with Crippen molar-refractivity contribution < 1.29 is 9.59 Å². The Morgan fingerprint density at radius 2 is 1.71 bits per heavy atom. The molecule has 0 saturated carbocycles. The number of hydrogen-bond acceptors (Lipinski definition) is 5. The Morgan fingerprint density at radius 3 is 2.41 bits per heavy atom. The number of nitrogens with zero attached hydrogens (tertiary/aromatic N) is 2. The van der Waals surface area contributed by atoms with Crippen molar-refractivity contribution in [1.29, 1.82) is 0 Å². The van der Waals surface area contributed by atoms with Crippen molar-refractivity contribution >= 4 is 44.2 Å². The predicted octanol–water partition coefficient (Wildman–Crippen LogP) is 5.51. The summed E-state index contributed by atoms with van der Waals surface area (Å²) in [6, 6.07) is 23.9. The molecule has 0 radical (unpaired) electrons. The fourth-order valence-electron chi connectivity index (χ4n) is 3.40. The molecule has 1 heterocycles. The molecule has 0 spiro atoms. The number of rotatable bonds is 8. The van der Waals surface area contributed by atoms with Crippen LogP contribution in [0.1, 0.15) is 28.4 Å². The van der Waals surface area contributed by atoms with Gasteiger partial charge in [0.15, 0.2) is 0 Å². The number of hydrogen-bond donors (Lipinski definition) is 2. The van der Waals surface area contributed by atoms with Crippen LogP contribution in [0.5, 0.6) is 0 Å². The second-order valence-electron chi connectivity index (χ2n) is 7.68. The molecule has 0 saturated heterocycles. The highest BCUT2D eigenvalue weighted by Crippen LogP contribution is 2.28. The summed E-state index contributed by atoms with van der Waals surface area (Å²) in [5.74, 6) is -0.648. The smallest absolute Gasteiger partial charge is 0.251 e. The second kappa shape index (κ2) is 11.2. The zero-order valence-corrected chi connectivity index (χ0v) is 20.9. The van der Waals surface area contributed by atoms with Crippen LogP contribution in [0.15, 0.2) is 83.3 Å². The van der Waals surface area contributed by atoms with Crippen LogP contribution in [0, 0.1) is 0 Å². The summed E-state index contributed by atoms with van der Waals surface area (Å²) in [6.07, 6.45) is 1.24. The summed E-state index contributed by atoms with van der Waals surface area (Å²) in [5.41, 5.74) is 3.50. The van der Waals surface area contributed by atoms with E-state index in [9.17, 15) is 9.59 Å². The Labute approximate surface area is 210 Å². The Bertz CT molecular complexity index is 1280. The maximum Gasteiger partial charge on any atom is 0.251 e. The van der Waals surface area contributed by atoms with Gasteiger partial charge in [-0.3, -0.25) is 14.9 Å². The van der Waals surface area contributed by atoms with E-state index >= 15 is 0 Å². The Balaban J connectivity index is 1.51. The zero-order valence-electron chi connectivity index (χ0n) is 18.5. The van der Waals surface area contributed by atoms with Gasteiger partial charge in [-0.05, 0) is 41.8 Å². The van der Waals surface area contributed by atoms with Crippen molar-refractivity contribution in [3.05, 3.63) is 100 Å². The molecule has 0 aliphatic carbocycles. The van der Waals surface area contributed by atoms with Crippen LogP contribution in [-0.4, -0.2) is 28.1 Å². The van der Waals surface area contributed by atoms with Gasteiger partial charge in [0.05, 0.1) is 0 Å². The Morgan fingerprint density at radius 1 is 0.941 bits per heavy atom. The average Bonchev–Trinajstić information content (AvgIpc) is 3.33. The molecule has 4 rings (SSSR count). The van der Waals surface area contributed by atoms with E-state index in [-0.39, 0.29) is 11.8 Å². The van der Waals surface area contributed by atoms with Gasteiger partial charge in [-0.15, -0.1) is 10.2 Å². The highest BCUT2D eigenvalue weighted by molar-refractivity contribution is 9.10. The summed E-state index contributed by atoms with van der Waals surface area (Å²) in [7, 11) is 0. The third-order valence-corrected chi connectivity index (χ3v) is 6.64. The molecule has 2 N–H and O–H groups in total. The van der Waals surface area contributed by atoms with E-state index in [4.69, 9.17) is 0 Å². The SMILES string of the molecule is CCc1ccc(C(=O)NC(Cc2ccccc2)C(=O)Nc2nnc(-c3cccc(Br)c3)s2)cc1. The minimum atomic E-state index is -0.779. The number of benzene rings is 3. The predicted molar refractivity (Wildman–Crippen MR) is 139 cm³/mol. The van der Waals surface area contributed by atoms with Crippen LogP contribution in [0.2, 0.25) is 0 Å². The van der Waals surface area contributed by atoms with Gasteiger partial charge >= 0.3 is 0 Å². The number of carbonyl (C=O) groups excluding carboxylic acids is 2. The number of amides is 2. The van der Waals surface area contributed by atoms with E-state index in [0.717, 1.165) is 27.6 Å². The number of aromatic nitrogens is 2. The van der Waals surface area contributed by atoms with E-state index in [1.54, 1.807) is 12.1 Å². The summed E-state index contributed by atoms with van der Waals surface area (Å²) in [6.45, 7) is 2.06. The quantitative estimate of drug-likeness (QED) is 0.312. The molecule has 8 heteroatoms.